The Morgan fingerprint density at radius 1 is 1.19 bits per heavy atom. The summed E-state index contributed by atoms with van der Waals surface area (Å²) in [6.45, 7) is 4.85. The normalized spacial score (nSPS) is 10.8. The van der Waals surface area contributed by atoms with Crippen LogP contribution in [0.4, 0.5) is 0 Å². The van der Waals surface area contributed by atoms with Gasteiger partial charge < -0.3 is 10.3 Å². The second-order valence-electron chi connectivity index (χ2n) is 4.35. The Balaban J connectivity index is 2.53. The van der Waals surface area contributed by atoms with Crippen molar-refractivity contribution in [1.82, 2.24) is 4.57 Å². The highest BCUT2D eigenvalue weighted by Crippen LogP contribution is 2.26. The Bertz CT molecular complexity index is 509. The van der Waals surface area contributed by atoms with E-state index >= 15 is 0 Å². The highest BCUT2D eigenvalue weighted by molar-refractivity contribution is 5.68. The van der Waals surface area contributed by atoms with Crippen LogP contribution in [0.5, 0.6) is 0 Å². The van der Waals surface area contributed by atoms with E-state index in [1.165, 1.54) is 22.3 Å². The molecule has 0 aliphatic heterocycles. The van der Waals surface area contributed by atoms with Gasteiger partial charge in [0.2, 0.25) is 0 Å². The fourth-order valence-corrected chi connectivity index (χ4v) is 2.01. The molecule has 2 nitrogen and oxygen atoms in total. The standard InChI is InChI=1S/C14H18N2/c1-10-4-5-11(2)14(6-10)12-7-13(8-15)16(3)9-12/h4-7,9H,8,15H2,1-3H3. The number of benzene rings is 1. The molecule has 0 atom stereocenters. The van der Waals surface area contributed by atoms with Crippen LogP contribution < -0.4 is 5.73 Å². The minimum Gasteiger partial charge on any atom is -0.353 e. The maximum atomic E-state index is 5.69. The number of aromatic nitrogens is 1. The predicted molar refractivity (Wildman–Crippen MR) is 68.2 cm³/mol. The maximum Gasteiger partial charge on any atom is 0.0334 e. The molecule has 84 valence electrons. The number of rotatable bonds is 2. The van der Waals surface area contributed by atoms with Crippen LogP contribution in [0.3, 0.4) is 0 Å². The molecule has 0 saturated carbocycles. The van der Waals surface area contributed by atoms with Crippen LogP contribution in [-0.2, 0) is 13.6 Å². The Morgan fingerprint density at radius 3 is 2.56 bits per heavy atom. The number of nitrogens with zero attached hydrogens (tertiary/aromatic N) is 1. The lowest BCUT2D eigenvalue weighted by Crippen LogP contribution is -2.01. The van der Waals surface area contributed by atoms with E-state index in [1.807, 2.05) is 7.05 Å². The molecule has 1 aromatic carbocycles. The second-order valence-corrected chi connectivity index (χ2v) is 4.35. The minimum absolute atomic E-state index is 0.585. The summed E-state index contributed by atoms with van der Waals surface area (Å²) in [6, 6.07) is 8.71. The summed E-state index contributed by atoms with van der Waals surface area (Å²) >= 11 is 0. The predicted octanol–water partition coefficient (Wildman–Crippen LogP) is 2.77. The first kappa shape index (κ1) is 11.0. The molecule has 0 aliphatic rings. The molecule has 0 fully saturated rings. The molecule has 2 rings (SSSR count). The van der Waals surface area contributed by atoms with Crippen LogP contribution >= 0.6 is 0 Å². The number of hydrogen-bond acceptors (Lipinski definition) is 1. The largest absolute Gasteiger partial charge is 0.353 e. The summed E-state index contributed by atoms with van der Waals surface area (Å²) in [5, 5.41) is 0. The summed E-state index contributed by atoms with van der Waals surface area (Å²) in [5.74, 6) is 0. The third kappa shape index (κ3) is 1.89. The summed E-state index contributed by atoms with van der Waals surface area (Å²) in [7, 11) is 2.04. The van der Waals surface area contributed by atoms with Crippen LogP contribution in [0.25, 0.3) is 11.1 Å². The second kappa shape index (κ2) is 4.14. The number of aryl methyl sites for hydroxylation is 3. The van der Waals surface area contributed by atoms with Crippen molar-refractivity contribution in [3.63, 3.8) is 0 Å². The van der Waals surface area contributed by atoms with Crippen LogP contribution in [0, 0.1) is 13.8 Å². The highest BCUT2D eigenvalue weighted by atomic mass is 14.9. The molecule has 0 spiro atoms. The monoisotopic (exact) mass is 214 g/mol. The van der Waals surface area contributed by atoms with Gasteiger partial charge in [0.1, 0.15) is 0 Å². The van der Waals surface area contributed by atoms with Gasteiger partial charge in [0.15, 0.2) is 0 Å². The lowest BCUT2D eigenvalue weighted by atomic mass is 10.0. The summed E-state index contributed by atoms with van der Waals surface area (Å²) in [6.07, 6.45) is 2.14. The van der Waals surface area contributed by atoms with Gasteiger partial charge in [-0.05, 0) is 36.6 Å². The lowest BCUT2D eigenvalue weighted by molar-refractivity contribution is 0.824. The zero-order chi connectivity index (χ0) is 11.7. The fraction of sp³-hybridized carbons (Fsp3) is 0.286. The Morgan fingerprint density at radius 2 is 1.94 bits per heavy atom. The zero-order valence-electron chi connectivity index (χ0n) is 10.1. The minimum atomic E-state index is 0.585. The summed E-state index contributed by atoms with van der Waals surface area (Å²) in [4.78, 5) is 0. The quantitative estimate of drug-likeness (QED) is 0.818. The molecule has 0 unspecified atom stereocenters. The van der Waals surface area contributed by atoms with E-state index in [-0.39, 0.29) is 0 Å². The molecule has 0 saturated heterocycles. The van der Waals surface area contributed by atoms with Crippen molar-refractivity contribution in [2.45, 2.75) is 20.4 Å². The molecular formula is C14H18N2. The van der Waals surface area contributed by atoms with E-state index in [4.69, 9.17) is 5.73 Å². The highest BCUT2D eigenvalue weighted by Gasteiger charge is 2.06. The molecule has 2 aromatic rings. The Hall–Kier alpha value is -1.54. The van der Waals surface area contributed by atoms with Gasteiger partial charge in [-0.15, -0.1) is 0 Å². The number of nitrogens with two attached hydrogens (primary N) is 1. The average molecular weight is 214 g/mol. The molecule has 2 heteroatoms. The van der Waals surface area contributed by atoms with Gasteiger partial charge in [0.25, 0.3) is 0 Å². The van der Waals surface area contributed by atoms with Crippen molar-refractivity contribution in [3.05, 3.63) is 47.3 Å². The van der Waals surface area contributed by atoms with Crippen molar-refractivity contribution in [3.8, 4) is 11.1 Å². The van der Waals surface area contributed by atoms with Crippen molar-refractivity contribution < 1.29 is 0 Å². The van der Waals surface area contributed by atoms with Crippen LogP contribution in [0.2, 0.25) is 0 Å². The van der Waals surface area contributed by atoms with E-state index < -0.39 is 0 Å². The van der Waals surface area contributed by atoms with E-state index in [9.17, 15) is 0 Å². The molecule has 0 radical (unpaired) electrons. The van der Waals surface area contributed by atoms with E-state index in [2.05, 4.69) is 48.9 Å². The van der Waals surface area contributed by atoms with E-state index in [1.54, 1.807) is 0 Å². The summed E-state index contributed by atoms with van der Waals surface area (Å²) in [5.41, 5.74) is 12.0. The molecular weight excluding hydrogens is 196 g/mol. The molecule has 2 N–H and O–H groups in total. The van der Waals surface area contributed by atoms with Gasteiger partial charge >= 0.3 is 0 Å². The van der Waals surface area contributed by atoms with Gasteiger partial charge in [-0.3, -0.25) is 0 Å². The molecule has 16 heavy (non-hydrogen) atoms. The SMILES string of the molecule is Cc1ccc(C)c(-c2cc(CN)n(C)c2)c1. The van der Waals surface area contributed by atoms with E-state index in [0.29, 0.717) is 6.54 Å². The molecule has 1 heterocycles. The average Bonchev–Trinajstić information content (AvgIpc) is 2.63. The van der Waals surface area contributed by atoms with Gasteiger partial charge in [0, 0.05) is 25.5 Å². The number of hydrogen-bond donors (Lipinski definition) is 1. The molecule has 0 amide bonds. The first-order valence-corrected chi connectivity index (χ1v) is 5.54. The molecule has 0 aliphatic carbocycles. The first-order valence-electron chi connectivity index (χ1n) is 5.54. The third-order valence-electron chi connectivity index (χ3n) is 3.02. The van der Waals surface area contributed by atoms with Crippen molar-refractivity contribution >= 4 is 0 Å². The van der Waals surface area contributed by atoms with Crippen LogP contribution in [-0.4, -0.2) is 4.57 Å². The fourth-order valence-electron chi connectivity index (χ4n) is 2.01. The summed E-state index contributed by atoms with van der Waals surface area (Å²) < 4.78 is 2.09. The first-order chi connectivity index (χ1) is 7.61. The zero-order valence-corrected chi connectivity index (χ0v) is 10.1. The van der Waals surface area contributed by atoms with Crippen molar-refractivity contribution in [2.24, 2.45) is 12.8 Å². The van der Waals surface area contributed by atoms with Crippen molar-refractivity contribution in [2.75, 3.05) is 0 Å². The van der Waals surface area contributed by atoms with Crippen molar-refractivity contribution in [1.29, 1.82) is 0 Å². The maximum absolute atomic E-state index is 5.69. The van der Waals surface area contributed by atoms with Crippen LogP contribution in [0.1, 0.15) is 16.8 Å². The van der Waals surface area contributed by atoms with Gasteiger partial charge in [0.05, 0.1) is 0 Å². The van der Waals surface area contributed by atoms with E-state index in [0.717, 1.165) is 5.69 Å². The van der Waals surface area contributed by atoms with Crippen LogP contribution in [0.15, 0.2) is 30.5 Å². The molecule has 0 bridgehead atoms. The lowest BCUT2D eigenvalue weighted by Gasteiger charge is -2.04. The smallest absolute Gasteiger partial charge is 0.0334 e. The van der Waals surface area contributed by atoms with Gasteiger partial charge in [-0.2, -0.15) is 0 Å². The topological polar surface area (TPSA) is 30.9 Å². The molecule has 1 aromatic heterocycles. The third-order valence-corrected chi connectivity index (χ3v) is 3.02. The van der Waals surface area contributed by atoms with Gasteiger partial charge in [-0.25, -0.2) is 0 Å². The Labute approximate surface area is 96.7 Å². The van der Waals surface area contributed by atoms with Gasteiger partial charge in [-0.1, -0.05) is 23.8 Å². The Kier molecular flexibility index (Phi) is 2.84.